The van der Waals surface area contributed by atoms with Crippen molar-refractivity contribution in [1.82, 2.24) is 5.32 Å². The van der Waals surface area contributed by atoms with Gasteiger partial charge in [-0.25, -0.2) is 8.78 Å². The molecule has 1 N–H and O–H groups in total. The van der Waals surface area contributed by atoms with E-state index in [4.69, 9.17) is 21.7 Å². The van der Waals surface area contributed by atoms with E-state index in [0.29, 0.717) is 31.9 Å². The fraction of sp³-hybridized carbons (Fsp3) is 0.240. The number of methoxy groups -OCH3 is 1. The highest BCUT2D eigenvalue weighted by Crippen LogP contribution is 2.24. The lowest BCUT2D eigenvalue weighted by molar-refractivity contribution is 0.114. The molecule has 0 heterocycles. The number of thiocarbonyl (C=S) groups is 1. The highest BCUT2D eigenvalue weighted by Gasteiger charge is 2.17. The molecular formula is C25H25F2NO2S. The molecule has 0 aliphatic rings. The van der Waals surface area contributed by atoms with Gasteiger partial charge in [-0.2, -0.15) is 0 Å². The Morgan fingerprint density at radius 2 is 1.77 bits per heavy atom. The molecule has 3 aromatic carbocycles. The first-order valence-corrected chi connectivity index (χ1v) is 10.5. The number of benzene rings is 3. The maximum absolute atomic E-state index is 14.3. The van der Waals surface area contributed by atoms with Crippen molar-refractivity contribution < 1.29 is 18.3 Å². The number of halogens is 2. The average Bonchev–Trinajstić information content (AvgIpc) is 2.78. The van der Waals surface area contributed by atoms with Gasteiger partial charge >= 0.3 is 0 Å². The molecule has 0 fully saturated rings. The van der Waals surface area contributed by atoms with E-state index in [0.717, 1.165) is 11.1 Å². The fourth-order valence-corrected chi connectivity index (χ4v) is 3.62. The van der Waals surface area contributed by atoms with Crippen LogP contribution in [0.25, 0.3) is 0 Å². The molecule has 0 aliphatic carbocycles. The smallest absolute Gasteiger partial charge is 0.137 e. The molecule has 3 aromatic rings. The Balaban J connectivity index is 1.65. The van der Waals surface area contributed by atoms with Gasteiger partial charge in [0, 0.05) is 19.1 Å². The van der Waals surface area contributed by atoms with Crippen LogP contribution < -0.4 is 10.1 Å². The van der Waals surface area contributed by atoms with E-state index >= 15 is 0 Å². The lowest BCUT2D eigenvalue weighted by Crippen LogP contribution is -2.29. The average molecular weight is 442 g/mol. The van der Waals surface area contributed by atoms with Gasteiger partial charge in [-0.1, -0.05) is 60.7 Å². The minimum absolute atomic E-state index is 0.0674. The third-order valence-corrected chi connectivity index (χ3v) is 5.32. The van der Waals surface area contributed by atoms with Gasteiger partial charge in [-0.05, 0) is 41.8 Å². The molecule has 0 saturated carbocycles. The van der Waals surface area contributed by atoms with E-state index in [1.807, 2.05) is 36.4 Å². The van der Waals surface area contributed by atoms with Crippen molar-refractivity contribution >= 4 is 17.2 Å². The molecule has 0 spiro atoms. The summed E-state index contributed by atoms with van der Waals surface area (Å²) >= 11 is 5.42. The summed E-state index contributed by atoms with van der Waals surface area (Å²) in [6.07, 6.45) is 0.653. The largest absolute Gasteiger partial charge is 0.496 e. The highest BCUT2D eigenvalue weighted by molar-refractivity contribution is 7.80. The van der Waals surface area contributed by atoms with Gasteiger partial charge in [0.25, 0.3) is 0 Å². The summed E-state index contributed by atoms with van der Waals surface area (Å²) in [4.78, 5) is 0.251. The van der Waals surface area contributed by atoms with Crippen LogP contribution in [0.5, 0.6) is 5.75 Å². The number of rotatable bonds is 10. The fourth-order valence-electron chi connectivity index (χ4n) is 3.34. The lowest BCUT2D eigenvalue weighted by atomic mass is 9.95. The molecule has 3 nitrogen and oxygen atoms in total. The van der Waals surface area contributed by atoms with Gasteiger partial charge in [0.2, 0.25) is 0 Å². The summed E-state index contributed by atoms with van der Waals surface area (Å²) in [7, 11) is 1.47. The minimum atomic E-state index is -0.453. The van der Waals surface area contributed by atoms with Crippen molar-refractivity contribution in [3.05, 3.63) is 101 Å². The van der Waals surface area contributed by atoms with Crippen molar-refractivity contribution in [3.63, 3.8) is 0 Å². The molecule has 0 radical (unpaired) electrons. The van der Waals surface area contributed by atoms with Crippen LogP contribution in [0.15, 0.2) is 72.8 Å². The van der Waals surface area contributed by atoms with Gasteiger partial charge in [0.15, 0.2) is 0 Å². The Kier molecular flexibility index (Phi) is 8.50. The molecule has 6 heteroatoms. The maximum atomic E-state index is 14.3. The first-order valence-electron chi connectivity index (χ1n) is 10.1. The standard InChI is InChI=1S/C25H25F2NO2S/c1-29-23-12-6-11-22(27)24(23)25(31)28-16-20(19-9-5-10-21(26)15-19)13-14-30-17-18-7-3-2-4-8-18/h2-12,15,20H,13-14,16-17H2,1H3,(H,28,31). The van der Waals surface area contributed by atoms with Crippen LogP contribution in [-0.2, 0) is 11.3 Å². The Hall–Kier alpha value is -2.83. The molecule has 0 bridgehead atoms. The molecule has 0 aromatic heterocycles. The van der Waals surface area contributed by atoms with E-state index in [9.17, 15) is 8.78 Å². The van der Waals surface area contributed by atoms with Crippen molar-refractivity contribution in [3.8, 4) is 5.75 Å². The first kappa shape index (κ1) is 22.8. The zero-order chi connectivity index (χ0) is 22.1. The summed E-state index contributed by atoms with van der Waals surface area (Å²) in [5.74, 6) is -0.454. The summed E-state index contributed by atoms with van der Waals surface area (Å²) in [5, 5.41) is 3.12. The number of ether oxygens (including phenoxy) is 2. The van der Waals surface area contributed by atoms with Gasteiger partial charge < -0.3 is 14.8 Å². The van der Waals surface area contributed by atoms with E-state index in [-0.39, 0.29) is 22.3 Å². The van der Waals surface area contributed by atoms with Crippen LogP contribution >= 0.6 is 12.2 Å². The SMILES string of the molecule is COc1cccc(F)c1C(=S)NCC(CCOCc1ccccc1)c1cccc(F)c1. The summed E-state index contributed by atoms with van der Waals surface area (Å²) in [6.45, 7) is 1.41. The monoisotopic (exact) mass is 441 g/mol. The van der Waals surface area contributed by atoms with Crippen molar-refractivity contribution in [2.24, 2.45) is 0 Å². The molecule has 31 heavy (non-hydrogen) atoms. The molecular weight excluding hydrogens is 416 g/mol. The second-order valence-electron chi connectivity index (χ2n) is 7.11. The third-order valence-electron chi connectivity index (χ3n) is 4.97. The van der Waals surface area contributed by atoms with E-state index in [1.165, 1.54) is 25.3 Å². The van der Waals surface area contributed by atoms with Crippen LogP contribution in [-0.4, -0.2) is 25.2 Å². The molecule has 162 valence electrons. The molecule has 0 saturated heterocycles. The topological polar surface area (TPSA) is 30.5 Å². The van der Waals surface area contributed by atoms with E-state index < -0.39 is 5.82 Å². The van der Waals surface area contributed by atoms with Crippen molar-refractivity contribution in [2.75, 3.05) is 20.3 Å². The molecule has 3 rings (SSSR count). The van der Waals surface area contributed by atoms with Crippen molar-refractivity contribution in [2.45, 2.75) is 18.9 Å². The molecule has 1 unspecified atom stereocenters. The van der Waals surface area contributed by atoms with Gasteiger partial charge in [0.1, 0.15) is 22.4 Å². The lowest BCUT2D eigenvalue weighted by Gasteiger charge is -2.20. The Labute approximate surface area is 187 Å². The van der Waals surface area contributed by atoms with Gasteiger partial charge in [-0.15, -0.1) is 0 Å². The Morgan fingerprint density at radius 3 is 2.52 bits per heavy atom. The molecule has 0 amide bonds. The van der Waals surface area contributed by atoms with E-state index in [1.54, 1.807) is 18.2 Å². The summed E-state index contributed by atoms with van der Waals surface area (Å²) < 4.78 is 39.2. The number of hydrogen-bond donors (Lipinski definition) is 1. The highest BCUT2D eigenvalue weighted by atomic mass is 32.1. The zero-order valence-electron chi connectivity index (χ0n) is 17.3. The second kappa shape index (κ2) is 11.5. The van der Waals surface area contributed by atoms with Crippen LogP contribution in [0.4, 0.5) is 8.78 Å². The summed E-state index contributed by atoms with van der Waals surface area (Å²) in [5.41, 5.74) is 2.15. The first-order chi connectivity index (χ1) is 15.1. The van der Waals surface area contributed by atoms with E-state index in [2.05, 4.69) is 5.32 Å². The number of nitrogens with one attached hydrogen (secondary N) is 1. The number of hydrogen-bond acceptors (Lipinski definition) is 3. The Morgan fingerprint density at radius 1 is 1.00 bits per heavy atom. The predicted octanol–water partition coefficient (Wildman–Crippen LogP) is 5.63. The van der Waals surface area contributed by atoms with Crippen molar-refractivity contribution in [1.29, 1.82) is 0 Å². The minimum Gasteiger partial charge on any atom is -0.496 e. The van der Waals surface area contributed by atoms with Crippen LogP contribution in [0.3, 0.4) is 0 Å². The Bertz CT molecular complexity index is 998. The molecule has 1 atom stereocenters. The molecule has 0 aliphatic heterocycles. The second-order valence-corrected chi connectivity index (χ2v) is 7.51. The summed E-state index contributed by atoms with van der Waals surface area (Å²) in [6, 6.07) is 21.0. The normalized spacial score (nSPS) is 11.7. The van der Waals surface area contributed by atoms with Gasteiger partial charge in [0.05, 0.1) is 19.3 Å². The van der Waals surface area contributed by atoms with Gasteiger partial charge in [-0.3, -0.25) is 0 Å². The quantitative estimate of drug-likeness (QED) is 0.326. The maximum Gasteiger partial charge on any atom is 0.137 e. The van der Waals surface area contributed by atoms with Crippen LogP contribution in [0.1, 0.15) is 29.0 Å². The van der Waals surface area contributed by atoms with Crippen LogP contribution in [0.2, 0.25) is 0 Å². The predicted molar refractivity (Wildman–Crippen MR) is 123 cm³/mol. The zero-order valence-corrected chi connectivity index (χ0v) is 18.1. The van der Waals surface area contributed by atoms with Crippen LogP contribution in [0, 0.1) is 11.6 Å². The third kappa shape index (κ3) is 6.57.